The standard InChI is InChI=1S/C8H15ClO3/c1-3-5-12-8(11)7(9)6(10)4-2/h6-7,10H,3-5H2,1-2H3. The van der Waals surface area contributed by atoms with E-state index in [4.69, 9.17) is 21.4 Å². The van der Waals surface area contributed by atoms with Gasteiger partial charge in [-0.05, 0) is 12.8 Å². The number of hydrogen-bond donors (Lipinski definition) is 1. The fraction of sp³-hybridized carbons (Fsp3) is 0.875. The van der Waals surface area contributed by atoms with Crippen LogP contribution < -0.4 is 0 Å². The number of aliphatic hydroxyl groups is 1. The first-order valence-electron chi connectivity index (χ1n) is 4.12. The van der Waals surface area contributed by atoms with Gasteiger partial charge in [-0.15, -0.1) is 11.6 Å². The highest BCUT2D eigenvalue weighted by molar-refractivity contribution is 6.30. The summed E-state index contributed by atoms with van der Waals surface area (Å²) < 4.78 is 4.75. The third-order valence-corrected chi connectivity index (χ3v) is 1.90. The molecule has 3 nitrogen and oxygen atoms in total. The maximum atomic E-state index is 11.0. The number of alkyl halides is 1. The van der Waals surface area contributed by atoms with Crippen molar-refractivity contribution in [3.8, 4) is 0 Å². The van der Waals surface area contributed by atoms with Gasteiger partial charge in [0.15, 0.2) is 5.38 Å². The van der Waals surface area contributed by atoms with E-state index in [1.54, 1.807) is 6.92 Å². The van der Waals surface area contributed by atoms with Crippen LogP contribution in [0, 0.1) is 0 Å². The molecule has 72 valence electrons. The average molecular weight is 195 g/mol. The minimum atomic E-state index is -0.929. The van der Waals surface area contributed by atoms with E-state index in [0.717, 1.165) is 6.42 Å². The van der Waals surface area contributed by atoms with E-state index in [-0.39, 0.29) is 0 Å². The molecule has 0 aliphatic rings. The minimum absolute atomic E-state index is 0.360. The van der Waals surface area contributed by atoms with Crippen molar-refractivity contribution < 1.29 is 14.6 Å². The van der Waals surface area contributed by atoms with Gasteiger partial charge in [-0.3, -0.25) is 4.79 Å². The van der Waals surface area contributed by atoms with Gasteiger partial charge in [-0.1, -0.05) is 13.8 Å². The molecule has 0 rings (SSSR count). The first-order chi connectivity index (χ1) is 5.63. The molecule has 1 N–H and O–H groups in total. The molecule has 0 fully saturated rings. The fourth-order valence-electron chi connectivity index (χ4n) is 0.646. The van der Waals surface area contributed by atoms with Crippen LogP contribution in [-0.2, 0) is 9.53 Å². The Balaban J connectivity index is 3.75. The van der Waals surface area contributed by atoms with Crippen molar-refractivity contribution in [2.75, 3.05) is 6.61 Å². The van der Waals surface area contributed by atoms with Crippen LogP contribution in [0.3, 0.4) is 0 Å². The van der Waals surface area contributed by atoms with Crippen molar-refractivity contribution in [3.63, 3.8) is 0 Å². The molecule has 0 amide bonds. The lowest BCUT2D eigenvalue weighted by Gasteiger charge is -2.13. The second-order valence-electron chi connectivity index (χ2n) is 2.54. The molecule has 0 saturated carbocycles. The smallest absolute Gasteiger partial charge is 0.326 e. The number of hydrogen-bond acceptors (Lipinski definition) is 3. The van der Waals surface area contributed by atoms with Crippen molar-refractivity contribution >= 4 is 17.6 Å². The third-order valence-electron chi connectivity index (χ3n) is 1.43. The van der Waals surface area contributed by atoms with Crippen LogP contribution in [0.5, 0.6) is 0 Å². The molecule has 2 atom stereocenters. The van der Waals surface area contributed by atoms with E-state index in [1.807, 2.05) is 6.92 Å². The summed E-state index contributed by atoms with van der Waals surface area (Å²) in [7, 11) is 0. The highest BCUT2D eigenvalue weighted by Gasteiger charge is 2.23. The van der Waals surface area contributed by atoms with Crippen LogP contribution in [0.15, 0.2) is 0 Å². The molecule has 0 spiro atoms. The molecule has 0 aromatic heterocycles. The summed E-state index contributed by atoms with van der Waals surface area (Å²) in [5.74, 6) is -0.534. The fourth-order valence-corrected chi connectivity index (χ4v) is 0.887. The van der Waals surface area contributed by atoms with Gasteiger partial charge in [-0.2, -0.15) is 0 Å². The quantitative estimate of drug-likeness (QED) is 0.531. The van der Waals surface area contributed by atoms with E-state index < -0.39 is 17.5 Å². The van der Waals surface area contributed by atoms with Gasteiger partial charge in [-0.25, -0.2) is 0 Å². The monoisotopic (exact) mass is 194 g/mol. The highest BCUT2D eigenvalue weighted by Crippen LogP contribution is 2.08. The van der Waals surface area contributed by atoms with Crippen molar-refractivity contribution in [3.05, 3.63) is 0 Å². The Labute approximate surface area is 77.7 Å². The SMILES string of the molecule is CCCOC(=O)C(Cl)C(O)CC. The van der Waals surface area contributed by atoms with Crippen LogP contribution in [-0.4, -0.2) is 29.2 Å². The number of rotatable bonds is 5. The summed E-state index contributed by atoms with van der Waals surface area (Å²) in [4.78, 5) is 11.0. The molecular formula is C8H15ClO3. The molecule has 2 unspecified atom stereocenters. The van der Waals surface area contributed by atoms with Crippen LogP contribution in [0.1, 0.15) is 26.7 Å². The average Bonchev–Trinajstić information content (AvgIpc) is 2.11. The lowest BCUT2D eigenvalue weighted by atomic mass is 10.2. The number of carbonyl (C=O) groups is 1. The molecule has 0 aromatic rings. The van der Waals surface area contributed by atoms with Crippen LogP contribution in [0.2, 0.25) is 0 Å². The second kappa shape index (κ2) is 6.26. The Morgan fingerprint density at radius 3 is 2.58 bits per heavy atom. The van der Waals surface area contributed by atoms with Gasteiger partial charge >= 0.3 is 5.97 Å². The maximum Gasteiger partial charge on any atom is 0.326 e. The molecule has 0 aliphatic carbocycles. The zero-order chi connectivity index (χ0) is 9.56. The number of esters is 1. The number of ether oxygens (including phenoxy) is 1. The predicted molar refractivity (Wildman–Crippen MR) is 47.2 cm³/mol. The molecule has 0 aliphatic heterocycles. The molecule has 0 aromatic carbocycles. The Kier molecular flexibility index (Phi) is 6.11. The first kappa shape index (κ1) is 11.7. The summed E-state index contributed by atoms with van der Waals surface area (Å²) in [5, 5.41) is 8.23. The van der Waals surface area contributed by atoms with Gasteiger partial charge in [0.25, 0.3) is 0 Å². The maximum absolute atomic E-state index is 11.0. The van der Waals surface area contributed by atoms with Crippen molar-refractivity contribution in [2.24, 2.45) is 0 Å². The van der Waals surface area contributed by atoms with Crippen LogP contribution in [0.25, 0.3) is 0 Å². The Morgan fingerprint density at radius 2 is 2.17 bits per heavy atom. The molecule has 0 radical (unpaired) electrons. The number of carbonyl (C=O) groups excluding carboxylic acids is 1. The first-order valence-corrected chi connectivity index (χ1v) is 4.55. The largest absolute Gasteiger partial charge is 0.465 e. The number of halogens is 1. The predicted octanol–water partition coefficient (Wildman–Crippen LogP) is 1.32. The normalized spacial score (nSPS) is 15.3. The van der Waals surface area contributed by atoms with Gasteiger partial charge in [0.05, 0.1) is 12.7 Å². The highest BCUT2D eigenvalue weighted by atomic mass is 35.5. The lowest BCUT2D eigenvalue weighted by Crippen LogP contribution is -2.30. The summed E-state index contributed by atoms with van der Waals surface area (Å²) in [6.45, 7) is 4.01. The van der Waals surface area contributed by atoms with Crippen molar-refractivity contribution in [1.82, 2.24) is 0 Å². The molecular weight excluding hydrogens is 180 g/mol. The van der Waals surface area contributed by atoms with Crippen molar-refractivity contribution in [2.45, 2.75) is 38.2 Å². The van der Waals surface area contributed by atoms with Gasteiger partial charge < -0.3 is 9.84 Å². The van der Waals surface area contributed by atoms with Crippen LogP contribution in [0.4, 0.5) is 0 Å². The van der Waals surface area contributed by atoms with Crippen molar-refractivity contribution in [1.29, 1.82) is 0 Å². The van der Waals surface area contributed by atoms with Crippen LogP contribution >= 0.6 is 11.6 Å². The lowest BCUT2D eigenvalue weighted by molar-refractivity contribution is -0.145. The summed E-state index contributed by atoms with van der Waals surface area (Å²) in [5.41, 5.74) is 0. The van der Waals surface area contributed by atoms with E-state index in [0.29, 0.717) is 13.0 Å². The molecule has 4 heteroatoms. The molecule has 0 bridgehead atoms. The van der Waals surface area contributed by atoms with E-state index >= 15 is 0 Å². The van der Waals surface area contributed by atoms with Gasteiger partial charge in [0, 0.05) is 0 Å². The van der Waals surface area contributed by atoms with E-state index in [2.05, 4.69) is 0 Å². The summed E-state index contributed by atoms with van der Waals surface area (Å²) in [6.07, 6.45) is 0.406. The van der Waals surface area contributed by atoms with Gasteiger partial charge in [0.1, 0.15) is 0 Å². The van der Waals surface area contributed by atoms with Gasteiger partial charge in [0.2, 0.25) is 0 Å². The topological polar surface area (TPSA) is 46.5 Å². The zero-order valence-electron chi connectivity index (χ0n) is 7.42. The van der Waals surface area contributed by atoms with E-state index in [9.17, 15) is 4.79 Å². The Bertz CT molecular complexity index is 138. The molecule has 0 saturated heterocycles. The molecule has 12 heavy (non-hydrogen) atoms. The summed E-state index contributed by atoms with van der Waals surface area (Å²) >= 11 is 5.59. The zero-order valence-corrected chi connectivity index (χ0v) is 8.17. The minimum Gasteiger partial charge on any atom is -0.465 e. The second-order valence-corrected chi connectivity index (χ2v) is 3.02. The van der Waals surface area contributed by atoms with E-state index in [1.165, 1.54) is 0 Å². The summed E-state index contributed by atoms with van der Waals surface area (Å²) in [6, 6.07) is 0. The Morgan fingerprint density at radius 1 is 1.58 bits per heavy atom. The molecule has 0 heterocycles. The third kappa shape index (κ3) is 3.93. The number of aliphatic hydroxyl groups excluding tert-OH is 1. The Hall–Kier alpha value is -0.280.